The second-order valence-corrected chi connectivity index (χ2v) is 3.87. The van der Waals surface area contributed by atoms with Gasteiger partial charge in [0.25, 0.3) is 0 Å². The SMILES string of the molecule is Cc1ccccc1CNCCC(C)N. The molecular formula is C12H20N2. The summed E-state index contributed by atoms with van der Waals surface area (Å²) in [5.41, 5.74) is 8.38. The molecule has 0 saturated heterocycles. The van der Waals surface area contributed by atoms with E-state index in [1.54, 1.807) is 0 Å². The van der Waals surface area contributed by atoms with E-state index in [4.69, 9.17) is 5.73 Å². The Labute approximate surface area is 86.5 Å². The van der Waals surface area contributed by atoms with Gasteiger partial charge in [0.1, 0.15) is 0 Å². The van der Waals surface area contributed by atoms with Crippen molar-refractivity contribution in [3.8, 4) is 0 Å². The highest BCUT2D eigenvalue weighted by Gasteiger charge is 1.97. The van der Waals surface area contributed by atoms with Gasteiger partial charge in [-0.2, -0.15) is 0 Å². The third-order valence-electron chi connectivity index (χ3n) is 2.35. The van der Waals surface area contributed by atoms with Gasteiger partial charge in [-0.3, -0.25) is 0 Å². The van der Waals surface area contributed by atoms with E-state index < -0.39 is 0 Å². The van der Waals surface area contributed by atoms with Crippen molar-refractivity contribution in [2.24, 2.45) is 5.73 Å². The van der Waals surface area contributed by atoms with Gasteiger partial charge in [0.15, 0.2) is 0 Å². The second-order valence-electron chi connectivity index (χ2n) is 3.87. The Morgan fingerprint density at radius 1 is 1.36 bits per heavy atom. The van der Waals surface area contributed by atoms with Gasteiger partial charge < -0.3 is 11.1 Å². The highest BCUT2D eigenvalue weighted by atomic mass is 14.9. The molecule has 14 heavy (non-hydrogen) atoms. The fourth-order valence-electron chi connectivity index (χ4n) is 1.36. The maximum atomic E-state index is 5.66. The van der Waals surface area contributed by atoms with Crippen molar-refractivity contribution in [3.63, 3.8) is 0 Å². The zero-order chi connectivity index (χ0) is 10.4. The van der Waals surface area contributed by atoms with Crippen LogP contribution in [0.2, 0.25) is 0 Å². The summed E-state index contributed by atoms with van der Waals surface area (Å²) in [7, 11) is 0. The van der Waals surface area contributed by atoms with Crippen molar-refractivity contribution in [2.45, 2.75) is 32.9 Å². The van der Waals surface area contributed by atoms with Crippen LogP contribution in [0.4, 0.5) is 0 Å². The van der Waals surface area contributed by atoms with Crippen LogP contribution in [0, 0.1) is 6.92 Å². The summed E-state index contributed by atoms with van der Waals surface area (Å²) >= 11 is 0. The summed E-state index contributed by atoms with van der Waals surface area (Å²) in [5.74, 6) is 0. The molecular weight excluding hydrogens is 172 g/mol. The lowest BCUT2D eigenvalue weighted by Gasteiger charge is -2.08. The molecule has 0 bridgehead atoms. The third-order valence-corrected chi connectivity index (χ3v) is 2.35. The van der Waals surface area contributed by atoms with Gasteiger partial charge in [-0.15, -0.1) is 0 Å². The highest BCUT2D eigenvalue weighted by Crippen LogP contribution is 2.05. The molecule has 0 aliphatic rings. The number of rotatable bonds is 5. The van der Waals surface area contributed by atoms with Gasteiger partial charge in [-0.05, 0) is 37.9 Å². The Balaban J connectivity index is 2.28. The zero-order valence-corrected chi connectivity index (χ0v) is 9.09. The lowest BCUT2D eigenvalue weighted by atomic mass is 10.1. The largest absolute Gasteiger partial charge is 0.328 e. The molecule has 1 aromatic rings. The molecule has 0 aliphatic carbocycles. The Morgan fingerprint density at radius 2 is 2.07 bits per heavy atom. The second kappa shape index (κ2) is 5.78. The topological polar surface area (TPSA) is 38.0 Å². The predicted molar refractivity (Wildman–Crippen MR) is 61.2 cm³/mol. The van der Waals surface area contributed by atoms with Gasteiger partial charge in [-0.25, -0.2) is 0 Å². The van der Waals surface area contributed by atoms with Gasteiger partial charge in [0.2, 0.25) is 0 Å². The normalized spacial score (nSPS) is 12.8. The molecule has 1 unspecified atom stereocenters. The van der Waals surface area contributed by atoms with E-state index in [1.807, 2.05) is 6.92 Å². The summed E-state index contributed by atoms with van der Waals surface area (Å²) in [5, 5.41) is 3.39. The Kier molecular flexibility index (Phi) is 4.63. The first-order valence-electron chi connectivity index (χ1n) is 5.21. The maximum Gasteiger partial charge on any atom is 0.0208 e. The number of hydrogen-bond donors (Lipinski definition) is 2. The molecule has 0 spiro atoms. The molecule has 0 heterocycles. The summed E-state index contributed by atoms with van der Waals surface area (Å²) in [6.07, 6.45) is 1.03. The third kappa shape index (κ3) is 3.90. The minimum Gasteiger partial charge on any atom is -0.328 e. The smallest absolute Gasteiger partial charge is 0.0208 e. The van der Waals surface area contributed by atoms with E-state index in [-0.39, 0.29) is 0 Å². The average molecular weight is 192 g/mol. The van der Waals surface area contributed by atoms with Crippen LogP contribution in [0.25, 0.3) is 0 Å². The van der Waals surface area contributed by atoms with Crippen LogP contribution in [0.15, 0.2) is 24.3 Å². The van der Waals surface area contributed by atoms with E-state index >= 15 is 0 Å². The van der Waals surface area contributed by atoms with Gasteiger partial charge in [0, 0.05) is 12.6 Å². The van der Waals surface area contributed by atoms with Crippen molar-refractivity contribution in [1.82, 2.24) is 5.32 Å². The van der Waals surface area contributed by atoms with Crippen molar-refractivity contribution >= 4 is 0 Å². The van der Waals surface area contributed by atoms with Crippen LogP contribution in [-0.2, 0) is 6.54 Å². The number of nitrogens with two attached hydrogens (primary N) is 1. The number of hydrogen-bond acceptors (Lipinski definition) is 2. The zero-order valence-electron chi connectivity index (χ0n) is 9.09. The van der Waals surface area contributed by atoms with E-state index in [9.17, 15) is 0 Å². The maximum absolute atomic E-state index is 5.66. The molecule has 2 heteroatoms. The molecule has 0 radical (unpaired) electrons. The predicted octanol–water partition coefficient (Wildman–Crippen LogP) is 1.82. The van der Waals surface area contributed by atoms with Crippen molar-refractivity contribution in [2.75, 3.05) is 6.54 Å². The fourth-order valence-corrected chi connectivity index (χ4v) is 1.36. The quantitative estimate of drug-likeness (QED) is 0.698. The van der Waals surface area contributed by atoms with Crippen LogP contribution < -0.4 is 11.1 Å². The average Bonchev–Trinajstić information content (AvgIpc) is 2.15. The van der Waals surface area contributed by atoms with Crippen molar-refractivity contribution in [3.05, 3.63) is 35.4 Å². The number of nitrogens with one attached hydrogen (secondary N) is 1. The lowest BCUT2D eigenvalue weighted by molar-refractivity contribution is 0.588. The molecule has 0 aliphatic heterocycles. The molecule has 3 N–H and O–H groups in total. The standard InChI is InChI=1S/C12H20N2/c1-10-5-3-4-6-12(10)9-14-8-7-11(2)13/h3-6,11,14H,7-9,13H2,1-2H3. The van der Waals surface area contributed by atoms with Crippen LogP contribution in [-0.4, -0.2) is 12.6 Å². The van der Waals surface area contributed by atoms with Crippen LogP contribution in [0.1, 0.15) is 24.5 Å². The van der Waals surface area contributed by atoms with Crippen LogP contribution in [0.3, 0.4) is 0 Å². The van der Waals surface area contributed by atoms with E-state index in [0.717, 1.165) is 19.5 Å². The van der Waals surface area contributed by atoms with Crippen LogP contribution >= 0.6 is 0 Å². The summed E-state index contributed by atoms with van der Waals surface area (Å²) < 4.78 is 0. The molecule has 0 saturated carbocycles. The minimum absolute atomic E-state index is 0.291. The first-order chi connectivity index (χ1) is 6.70. The van der Waals surface area contributed by atoms with E-state index in [2.05, 4.69) is 36.5 Å². The first kappa shape index (κ1) is 11.2. The van der Waals surface area contributed by atoms with Gasteiger partial charge in [0.05, 0.1) is 0 Å². The summed E-state index contributed by atoms with van der Waals surface area (Å²) in [6, 6.07) is 8.74. The molecule has 1 aromatic carbocycles. The monoisotopic (exact) mass is 192 g/mol. The van der Waals surface area contributed by atoms with Gasteiger partial charge >= 0.3 is 0 Å². The molecule has 1 atom stereocenters. The van der Waals surface area contributed by atoms with Crippen molar-refractivity contribution in [1.29, 1.82) is 0 Å². The van der Waals surface area contributed by atoms with E-state index in [0.29, 0.717) is 6.04 Å². The fraction of sp³-hybridized carbons (Fsp3) is 0.500. The Hall–Kier alpha value is -0.860. The first-order valence-corrected chi connectivity index (χ1v) is 5.21. The van der Waals surface area contributed by atoms with Crippen LogP contribution in [0.5, 0.6) is 0 Å². The minimum atomic E-state index is 0.291. The molecule has 0 amide bonds. The number of benzene rings is 1. The molecule has 2 nitrogen and oxygen atoms in total. The van der Waals surface area contributed by atoms with Gasteiger partial charge in [-0.1, -0.05) is 24.3 Å². The Bertz CT molecular complexity index is 269. The summed E-state index contributed by atoms with van der Waals surface area (Å²) in [4.78, 5) is 0. The van der Waals surface area contributed by atoms with Crippen molar-refractivity contribution < 1.29 is 0 Å². The molecule has 1 rings (SSSR count). The van der Waals surface area contributed by atoms with E-state index in [1.165, 1.54) is 11.1 Å². The molecule has 0 fully saturated rings. The highest BCUT2D eigenvalue weighted by molar-refractivity contribution is 5.25. The number of aryl methyl sites for hydroxylation is 1. The Morgan fingerprint density at radius 3 is 2.71 bits per heavy atom. The molecule has 0 aromatic heterocycles. The summed E-state index contributed by atoms with van der Waals surface area (Å²) in [6.45, 7) is 6.11. The molecule has 78 valence electrons. The lowest BCUT2D eigenvalue weighted by Crippen LogP contribution is -2.23.